The van der Waals surface area contributed by atoms with E-state index in [4.69, 9.17) is 36.1 Å². The number of benzene rings is 1. The molecule has 1 amide bonds. The number of rotatable bonds is 4. The second kappa shape index (κ2) is 13.8. The lowest BCUT2D eigenvalue weighted by Crippen LogP contribution is -2.37. The molecule has 0 bridgehead atoms. The number of anilines is 1. The molecular formula is C23H21ClF6N4O6. The maximum absolute atomic E-state index is 12.7. The third-order valence-corrected chi connectivity index (χ3v) is 5.10. The molecule has 17 heteroatoms. The molecule has 40 heavy (non-hydrogen) atoms. The fourth-order valence-electron chi connectivity index (χ4n) is 3.09. The lowest BCUT2D eigenvalue weighted by molar-refractivity contribution is -0.193. The van der Waals surface area contributed by atoms with Crippen molar-refractivity contribution < 1.29 is 55.7 Å². The Hall–Kier alpha value is -4.05. The second-order valence-corrected chi connectivity index (χ2v) is 8.17. The standard InChI is InChI=1S/C19H19ClN4O2.2C2HF3O2/c20-15-5-3-4-14(12-15)13-21-18(25)17-16-6-1-2-7-24(16)19(22-17)23-8-10-26-11-9-23;2*3-2(4,5)1(6)7/h1-7,12H,8-11,13H2,(H,21,25);2*(H,6,7). The van der Waals surface area contributed by atoms with Gasteiger partial charge in [-0.3, -0.25) is 9.20 Å². The lowest BCUT2D eigenvalue weighted by Gasteiger charge is -2.27. The first-order chi connectivity index (χ1) is 18.6. The number of ether oxygens (including phenoxy) is 1. The number of hydrogen-bond donors (Lipinski definition) is 3. The van der Waals surface area contributed by atoms with E-state index in [2.05, 4.69) is 15.2 Å². The number of aliphatic carboxylic acids is 2. The van der Waals surface area contributed by atoms with Crippen molar-refractivity contribution in [3.8, 4) is 0 Å². The normalized spacial score (nSPS) is 13.4. The van der Waals surface area contributed by atoms with Gasteiger partial charge in [0.2, 0.25) is 5.95 Å². The van der Waals surface area contributed by atoms with Gasteiger partial charge in [-0.2, -0.15) is 26.3 Å². The van der Waals surface area contributed by atoms with Gasteiger partial charge in [0.25, 0.3) is 5.91 Å². The van der Waals surface area contributed by atoms with E-state index >= 15 is 0 Å². The second-order valence-electron chi connectivity index (χ2n) is 7.73. The minimum Gasteiger partial charge on any atom is -0.475 e. The van der Waals surface area contributed by atoms with Crippen LogP contribution in [-0.2, 0) is 20.9 Å². The van der Waals surface area contributed by atoms with Crippen molar-refractivity contribution in [2.24, 2.45) is 0 Å². The molecule has 0 radical (unpaired) electrons. The average molecular weight is 599 g/mol. The summed E-state index contributed by atoms with van der Waals surface area (Å²) in [6.07, 6.45) is -8.24. The average Bonchev–Trinajstić information content (AvgIpc) is 3.27. The number of nitrogens with zero attached hydrogens (tertiary/aromatic N) is 3. The van der Waals surface area contributed by atoms with E-state index in [1.54, 1.807) is 0 Å². The van der Waals surface area contributed by atoms with Gasteiger partial charge in [-0.15, -0.1) is 0 Å². The number of morpholine rings is 1. The maximum Gasteiger partial charge on any atom is 0.490 e. The van der Waals surface area contributed by atoms with E-state index in [1.807, 2.05) is 53.1 Å². The molecule has 0 spiro atoms. The number of imidazole rings is 1. The largest absolute Gasteiger partial charge is 0.490 e. The highest BCUT2D eigenvalue weighted by Gasteiger charge is 2.38. The molecule has 0 saturated carbocycles. The van der Waals surface area contributed by atoms with E-state index in [0.29, 0.717) is 30.5 Å². The van der Waals surface area contributed by atoms with Gasteiger partial charge >= 0.3 is 24.3 Å². The highest BCUT2D eigenvalue weighted by atomic mass is 35.5. The summed E-state index contributed by atoms with van der Waals surface area (Å²) in [6.45, 7) is 3.25. The van der Waals surface area contributed by atoms with Crippen LogP contribution in [-0.4, -0.2) is 76.1 Å². The third-order valence-electron chi connectivity index (χ3n) is 4.87. The Bertz CT molecular complexity index is 1300. The van der Waals surface area contributed by atoms with Crippen LogP contribution in [0.3, 0.4) is 0 Å². The molecule has 2 aromatic heterocycles. The quantitative estimate of drug-likeness (QED) is 0.384. The molecule has 3 aromatic rings. The smallest absolute Gasteiger partial charge is 0.475 e. The van der Waals surface area contributed by atoms with E-state index in [-0.39, 0.29) is 5.91 Å². The summed E-state index contributed by atoms with van der Waals surface area (Å²) in [7, 11) is 0. The van der Waals surface area contributed by atoms with Crippen LogP contribution in [0.2, 0.25) is 5.02 Å². The van der Waals surface area contributed by atoms with Gasteiger partial charge in [0, 0.05) is 30.9 Å². The first kappa shape index (κ1) is 32.2. The van der Waals surface area contributed by atoms with Gasteiger partial charge in [0.05, 0.1) is 18.7 Å². The molecule has 10 nitrogen and oxygen atoms in total. The van der Waals surface area contributed by atoms with Crippen LogP contribution in [0.5, 0.6) is 0 Å². The molecule has 3 N–H and O–H groups in total. The summed E-state index contributed by atoms with van der Waals surface area (Å²) in [4.78, 5) is 37.3. The molecule has 1 saturated heterocycles. The number of aromatic nitrogens is 2. The van der Waals surface area contributed by atoms with Crippen molar-refractivity contribution in [3.05, 3.63) is 64.9 Å². The number of nitrogens with one attached hydrogen (secondary N) is 1. The molecule has 0 unspecified atom stereocenters. The molecule has 1 aliphatic heterocycles. The van der Waals surface area contributed by atoms with Crippen LogP contribution < -0.4 is 10.2 Å². The van der Waals surface area contributed by atoms with Crippen molar-refractivity contribution in [2.45, 2.75) is 18.9 Å². The number of pyridine rings is 1. The predicted molar refractivity (Wildman–Crippen MR) is 128 cm³/mol. The van der Waals surface area contributed by atoms with Gasteiger partial charge in [-0.05, 0) is 29.8 Å². The van der Waals surface area contributed by atoms with Crippen LogP contribution in [0.4, 0.5) is 32.3 Å². The van der Waals surface area contributed by atoms with Crippen LogP contribution >= 0.6 is 11.6 Å². The zero-order chi connectivity index (χ0) is 30.1. The van der Waals surface area contributed by atoms with E-state index in [0.717, 1.165) is 30.1 Å². The third kappa shape index (κ3) is 9.60. The van der Waals surface area contributed by atoms with Gasteiger partial charge < -0.3 is 25.2 Å². The molecule has 1 aliphatic rings. The SMILES string of the molecule is O=C(NCc1cccc(Cl)c1)c1nc(N2CCOCC2)n2ccccc12.O=C(O)C(F)(F)F.O=C(O)C(F)(F)F. The Balaban J connectivity index is 0.000000333. The molecule has 1 aromatic carbocycles. The van der Waals surface area contributed by atoms with Crippen LogP contribution in [0.15, 0.2) is 48.7 Å². The number of carbonyl (C=O) groups excluding carboxylic acids is 1. The van der Waals surface area contributed by atoms with Crippen molar-refractivity contribution in [2.75, 3.05) is 31.2 Å². The molecular weight excluding hydrogens is 578 g/mol. The summed E-state index contributed by atoms with van der Waals surface area (Å²) in [6, 6.07) is 13.2. The summed E-state index contributed by atoms with van der Waals surface area (Å²) in [5, 5.41) is 17.8. The molecule has 0 atom stereocenters. The zero-order valence-corrected chi connectivity index (χ0v) is 20.9. The minimum atomic E-state index is -5.08. The lowest BCUT2D eigenvalue weighted by atomic mass is 10.2. The number of carbonyl (C=O) groups is 3. The highest BCUT2D eigenvalue weighted by Crippen LogP contribution is 2.21. The predicted octanol–water partition coefficient (Wildman–Crippen LogP) is 4.02. The summed E-state index contributed by atoms with van der Waals surface area (Å²) < 4.78 is 70.8. The molecule has 0 aliphatic carbocycles. The molecule has 4 rings (SSSR count). The van der Waals surface area contributed by atoms with E-state index < -0.39 is 24.3 Å². The van der Waals surface area contributed by atoms with Crippen molar-refractivity contribution in [1.82, 2.24) is 14.7 Å². The number of alkyl halides is 6. The number of carboxylic acid groups (broad SMARTS) is 2. The van der Waals surface area contributed by atoms with Gasteiger partial charge in [0.1, 0.15) is 0 Å². The Morgan fingerprint density at radius 3 is 2.05 bits per heavy atom. The molecule has 3 heterocycles. The monoisotopic (exact) mass is 598 g/mol. The van der Waals surface area contributed by atoms with Crippen molar-refractivity contribution >= 4 is 40.9 Å². The van der Waals surface area contributed by atoms with E-state index in [9.17, 15) is 31.1 Å². The fraction of sp³-hybridized carbons (Fsp3) is 0.304. The Morgan fingerprint density at radius 1 is 0.950 bits per heavy atom. The highest BCUT2D eigenvalue weighted by molar-refractivity contribution is 6.30. The number of amides is 1. The fourth-order valence-corrected chi connectivity index (χ4v) is 3.30. The topological polar surface area (TPSA) is 133 Å². The van der Waals surface area contributed by atoms with Crippen molar-refractivity contribution in [1.29, 1.82) is 0 Å². The molecule has 218 valence electrons. The number of fused-ring (bicyclic) bond motifs is 1. The molecule has 1 fully saturated rings. The van der Waals surface area contributed by atoms with Crippen LogP contribution in [0, 0.1) is 0 Å². The van der Waals surface area contributed by atoms with Gasteiger partial charge in [-0.1, -0.05) is 29.8 Å². The summed E-state index contributed by atoms with van der Waals surface area (Å²) in [5.74, 6) is -4.94. The first-order valence-electron chi connectivity index (χ1n) is 11.0. The summed E-state index contributed by atoms with van der Waals surface area (Å²) in [5.41, 5.74) is 2.16. The Kier molecular flexibility index (Phi) is 11.1. The number of halogens is 7. The van der Waals surface area contributed by atoms with E-state index in [1.165, 1.54) is 0 Å². The first-order valence-corrected chi connectivity index (χ1v) is 11.4. The number of hydrogen-bond acceptors (Lipinski definition) is 6. The Labute approximate surface area is 226 Å². The van der Waals surface area contributed by atoms with Crippen molar-refractivity contribution in [3.63, 3.8) is 0 Å². The Morgan fingerprint density at radius 2 is 1.52 bits per heavy atom. The maximum atomic E-state index is 12.7. The number of carboxylic acids is 2. The minimum absolute atomic E-state index is 0.201. The van der Waals surface area contributed by atoms with Crippen LogP contribution in [0.1, 0.15) is 16.1 Å². The summed E-state index contributed by atoms with van der Waals surface area (Å²) >= 11 is 6.00. The van der Waals surface area contributed by atoms with Crippen LogP contribution in [0.25, 0.3) is 5.52 Å². The van der Waals surface area contributed by atoms with Gasteiger partial charge in [0.15, 0.2) is 5.69 Å². The van der Waals surface area contributed by atoms with Gasteiger partial charge in [-0.25, -0.2) is 14.6 Å². The zero-order valence-electron chi connectivity index (χ0n) is 20.2.